The lowest BCUT2D eigenvalue weighted by molar-refractivity contribution is -0.139. The van der Waals surface area contributed by atoms with Crippen LogP contribution in [0.2, 0.25) is 0 Å². The lowest BCUT2D eigenvalue weighted by Gasteiger charge is -2.29. The first-order valence-electron chi connectivity index (χ1n) is 22.8. The molecule has 7 nitrogen and oxygen atoms in total. The lowest BCUT2D eigenvalue weighted by atomic mass is 9.77. The average Bonchev–Trinajstić information content (AvgIpc) is 3.28. The Morgan fingerprint density at radius 2 is 1.21 bits per heavy atom. The highest BCUT2D eigenvalue weighted by molar-refractivity contribution is 5.87. The van der Waals surface area contributed by atoms with Crippen molar-refractivity contribution in [3.63, 3.8) is 0 Å². The molecule has 63 heavy (non-hydrogen) atoms. The fraction of sp³-hybridized carbons (Fsp3) is 0.444. The van der Waals surface area contributed by atoms with Crippen LogP contribution in [0.15, 0.2) is 97.1 Å². The van der Waals surface area contributed by atoms with Gasteiger partial charge in [0.05, 0.1) is 19.8 Å². The maximum atomic E-state index is 16.3. The lowest BCUT2D eigenvalue weighted by Crippen LogP contribution is -2.16. The maximum Gasteiger partial charge on any atom is 0.333 e. The van der Waals surface area contributed by atoms with Crippen LogP contribution < -0.4 is 4.74 Å². The number of unbranched alkanes of at least 4 members (excludes halogenated alkanes) is 2. The molecule has 0 radical (unpaired) electrons. The van der Waals surface area contributed by atoms with Crippen molar-refractivity contribution < 1.29 is 42.8 Å². The molecule has 0 saturated heterocycles. The quantitative estimate of drug-likeness (QED) is 0.0411. The van der Waals surface area contributed by atoms with E-state index in [2.05, 4.69) is 26.1 Å². The van der Waals surface area contributed by atoms with Crippen LogP contribution >= 0.6 is 0 Å². The van der Waals surface area contributed by atoms with Crippen LogP contribution in [-0.4, -0.2) is 55.2 Å². The van der Waals surface area contributed by atoms with Gasteiger partial charge in [0.1, 0.15) is 17.4 Å². The van der Waals surface area contributed by atoms with Gasteiger partial charge in [0.2, 0.25) is 0 Å². The average molecular weight is 865 g/mol. The molecule has 0 bridgehead atoms. The third-order valence-corrected chi connectivity index (χ3v) is 12.2. The molecular formula is C54H66F2O7. The largest absolute Gasteiger partial charge is 0.493 e. The van der Waals surface area contributed by atoms with Crippen LogP contribution in [0.1, 0.15) is 114 Å². The summed E-state index contributed by atoms with van der Waals surface area (Å²) in [4.78, 5) is 24.2. The fourth-order valence-electron chi connectivity index (χ4n) is 8.39. The predicted molar refractivity (Wildman–Crippen MR) is 247 cm³/mol. The summed E-state index contributed by atoms with van der Waals surface area (Å²) in [6, 6.07) is 22.1. The smallest absolute Gasteiger partial charge is 0.333 e. The number of aliphatic hydroxyl groups is 2. The Morgan fingerprint density at radius 1 is 0.667 bits per heavy atom. The highest BCUT2D eigenvalue weighted by Gasteiger charge is 2.23. The van der Waals surface area contributed by atoms with Gasteiger partial charge in [0, 0.05) is 41.4 Å². The summed E-state index contributed by atoms with van der Waals surface area (Å²) in [5, 5.41) is 19.3. The second kappa shape index (κ2) is 24.7. The zero-order valence-electron chi connectivity index (χ0n) is 37.5. The molecule has 2 N–H and O–H groups in total. The molecular weight excluding hydrogens is 799 g/mol. The molecule has 4 aromatic rings. The summed E-state index contributed by atoms with van der Waals surface area (Å²) in [6.45, 7) is 12.8. The topological polar surface area (TPSA) is 102 Å². The van der Waals surface area contributed by atoms with Crippen LogP contribution in [-0.2, 0) is 31.9 Å². The molecule has 0 amide bonds. The van der Waals surface area contributed by atoms with E-state index in [1.165, 1.54) is 44.6 Å². The van der Waals surface area contributed by atoms with Gasteiger partial charge in [-0.1, -0.05) is 94.3 Å². The molecule has 0 spiro atoms. The van der Waals surface area contributed by atoms with E-state index in [9.17, 15) is 19.8 Å². The molecule has 0 unspecified atom stereocenters. The van der Waals surface area contributed by atoms with Crippen LogP contribution in [0.25, 0.3) is 33.4 Å². The SMILES string of the molecule is C=C(C)C(=O)OCCCc1cc(-c2ccc(-c3ccc(-c4ccc(C5CCC(CCCCC)CC5)cc4F)cc3)cc2F)cc(CCCOC(=O)C(=C)C)c1OCCC(CO)CO. The number of aliphatic hydroxyl groups excluding tert-OH is 2. The molecule has 1 fully saturated rings. The Balaban J connectivity index is 1.37. The van der Waals surface area contributed by atoms with Crippen molar-refractivity contribution in [2.24, 2.45) is 11.8 Å². The van der Waals surface area contributed by atoms with Crippen molar-refractivity contribution in [2.45, 2.75) is 110 Å². The van der Waals surface area contributed by atoms with E-state index >= 15 is 8.78 Å². The van der Waals surface area contributed by atoms with Gasteiger partial charge in [-0.15, -0.1) is 0 Å². The summed E-state index contributed by atoms with van der Waals surface area (Å²) in [5.74, 6) is -0.196. The van der Waals surface area contributed by atoms with Crippen molar-refractivity contribution in [3.8, 4) is 39.1 Å². The van der Waals surface area contributed by atoms with Crippen LogP contribution in [0.5, 0.6) is 5.75 Å². The number of carbonyl (C=O) groups is 2. The molecule has 5 rings (SSSR count). The number of benzene rings is 4. The number of rotatable bonds is 24. The standard InChI is InChI=1S/C54H66F2O7/c1-6-7-8-11-38-14-16-40(17-15-38)43-22-24-48(50(55)32-43)42-20-18-41(19-21-42)44-23-25-49(51(56)33-44)47-30-45(12-9-27-62-53(59)36(2)3)52(61-29-26-39(34-57)35-58)46(31-47)13-10-28-63-54(60)37(4)5/h18-25,30-33,38-40,57-58H,2,4,6-17,26-29,34-35H2,1,3,5H3. The van der Waals surface area contributed by atoms with Gasteiger partial charge in [-0.05, 0) is 147 Å². The predicted octanol–water partition coefficient (Wildman–Crippen LogP) is 12.3. The summed E-state index contributed by atoms with van der Waals surface area (Å²) < 4.78 is 49.0. The van der Waals surface area contributed by atoms with E-state index in [-0.39, 0.29) is 44.8 Å². The number of hydrogen-bond acceptors (Lipinski definition) is 7. The van der Waals surface area contributed by atoms with Gasteiger partial charge < -0.3 is 24.4 Å². The Kier molecular flexibility index (Phi) is 19.1. The number of aryl methyl sites for hydroxylation is 2. The molecule has 1 aliphatic carbocycles. The van der Waals surface area contributed by atoms with E-state index in [0.717, 1.165) is 46.6 Å². The minimum Gasteiger partial charge on any atom is -0.493 e. The minimum absolute atomic E-state index is 0.137. The van der Waals surface area contributed by atoms with Crippen LogP contribution in [0.4, 0.5) is 8.78 Å². The Hall–Kier alpha value is -5.12. The Labute approximate surface area is 373 Å². The molecule has 0 aliphatic heterocycles. The number of esters is 2. The van der Waals surface area contributed by atoms with Crippen molar-refractivity contribution >= 4 is 11.9 Å². The number of ether oxygens (including phenoxy) is 3. The van der Waals surface area contributed by atoms with Gasteiger partial charge in [0.25, 0.3) is 0 Å². The van der Waals surface area contributed by atoms with Gasteiger partial charge in [-0.2, -0.15) is 0 Å². The van der Waals surface area contributed by atoms with Crippen molar-refractivity contribution in [1.29, 1.82) is 0 Å². The normalized spacial score (nSPS) is 15.0. The number of halogens is 2. The summed E-state index contributed by atoms with van der Waals surface area (Å²) in [6.07, 6.45) is 12.0. The van der Waals surface area contributed by atoms with Crippen LogP contribution in [0, 0.1) is 23.5 Å². The van der Waals surface area contributed by atoms with Crippen molar-refractivity contribution in [3.05, 3.63) is 125 Å². The van der Waals surface area contributed by atoms with E-state index < -0.39 is 17.8 Å². The third kappa shape index (κ3) is 14.2. The Bertz CT molecular complexity index is 2090. The molecule has 0 atom stereocenters. The number of carbonyl (C=O) groups excluding carboxylic acids is 2. The molecule has 9 heteroatoms. The molecule has 0 heterocycles. The molecule has 1 aliphatic rings. The monoisotopic (exact) mass is 864 g/mol. The first-order valence-corrected chi connectivity index (χ1v) is 22.8. The fourth-order valence-corrected chi connectivity index (χ4v) is 8.39. The third-order valence-electron chi connectivity index (χ3n) is 12.2. The molecule has 1 saturated carbocycles. The van der Waals surface area contributed by atoms with E-state index in [0.29, 0.717) is 77.2 Å². The van der Waals surface area contributed by atoms with Crippen molar-refractivity contribution in [2.75, 3.05) is 33.0 Å². The summed E-state index contributed by atoms with van der Waals surface area (Å²) in [7, 11) is 0. The highest BCUT2D eigenvalue weighted by atomic mass is 19.1. The first kappa shape index (κ1) is 48.9. The number of hydrogen-bond donors (Lipinski definition) is 2. The van der Waals surface area contributed by atoms with E-state index in [4.69, 9.17) is 14.2 Å². The first-order chi connectivity index (χ1) is 30.4. The van der Waals surface area contributed by atoms with Crippen molar-refractivity contribution in [1.82, 2.24) is 0 Å². The van der Waals surface area contributed by atoms with Gasteiger partial charge in [-0.3, -0.25) is 0 Å². The van der Waals surface area contributed by atoms with E-state index in [1.807, 2.05) is 48.5 Å². The minimum atomic E-state index is -0.484. The van der Waals surface area contributed by atoms with Gasteiger partial charge >= 0.3 is 11.9 Å². The molecule has 4 aromatic carbocycles. The summed E-state index contributed by atoms with van der Waals surface area (Å²) in [5.41, 5.74) is 6.97. The Morgan fingerprint density at radius 3 is 1.75 bits per heavy atom. The zero-order chi connectivity index (χ0) is 45.3. The summed E-state index contributed by atoms with van der Waals surface area (Å²) >= 11 is 0. The second-order valence-electron chi connectivity index (χ2n) is 17.3. The second-order valence-corrected chi connectivity index (χ2v) is 17.3. The van der Waals surface area contributed by atoms with Gasteiger partial charge in [-0.25, -0.2) is 18.4 Å². The molecule has 0 aromatic heterocycles. The van der Waals surface area contributed by atoms with E-state index in [1.54, 1.807) is 26.0 Å². The highest BCUT2D eigenvalue weighted by Crippen LogP contribution is 2.40. The maximum absolute atomic E-state index is 16.3. The molecule has 338 valence electrons. The van der Waals surface area contributed by atoms with Gasteiger partial charge in [0.15, 0.2) is 0 Å². The van der Waals surface area contributed by atoms with Crippen LogP contribution in [0.3, 0.4) is 0 Å². The zero-order valence-corrected chi connectivity index (χ0v) is 37.5.